The number of hydrogen-bond donors (Lipinski definition) is 3. The number of halogens is 2. The van der Waals surface area contributed by atoms with Crippen molar-refractivity contribution < 1.29 is 4.79 Å². The number of anilines is 1. The van der Waals surface area contributed by atoms with Gasteiger partial charge in [-0.1, -0.05) is 29.3 Å². The zero-order chi connectivity index (χ0) is 21.6. The molecule has 1 saturated heterocycles. The Labute approximate surface area is 194 Å². The van der Waals surface area contributed by atoms with E-state index in [9.17, 15) is 4.79 Å². The summed E-state index contributed by atoms with van der Waals surface area (Å²) in [5, 5.41) is 12.3. The topological polar surface area (TPSA) is 95.1 Å². The van der Waals surface area contributed by atoms with E-state index in [2.05, 4.69) is 35.8 Å². The number of carbonyl (C=O) groups excluding carboxylic acids is 1. The fourth-order valence-corrected chi connectivity index (χ4v) is 4.36. The Bertz CT molecular complexity index is 1030. The normalized spacial score (nSPS) is 15.4. The van der Waals surface area contributed by atoms with Crippen LogP contribution in [0.1, 0.15) is 23.1 Å². The number of hydrogen-bond acceptors (Lipinski definition) is 7. The number of thiazole rings is 1. The number of nitrogens with zero attached hydrogens (tertiary/aromatic N) is 4. The number of amides is 2. The molecule has 2 aromatic heterocycles. The SMILES string of the molecule is O=C(NCc1ccc(Cl)c(Cl)c1)Nc1nc(C(c2ncccn2)N2CCNCC2)cs1. The first kappa shape index (κ1) is 21.9. The number of carbonyl (C=O) groups is 1. The third-order valence-electron chi connectivity index (χ3n) is 4.81. The van der Waals surface area contributed by atoms with Crippen LogP contribution in [-0.4, -0.2) is 52.1 Å². The quantitative estimate of drug-likeness (QED) is 0.502. The summed E-state index contributed by atoms with van der Waals surface area (Å²) in [6.45, 7) is 3.86. The molecule has 0 radical (unpaired) electrons. The first-order valence-corrected chi connectivity index (χ1v) is 11.4. The molecule has 1 unspecified atom stereocenters. The first-order chi connectivity index (χ1) is 15.1. The second-order valence-electron chi connectivity index (χ2n) is 6.93. The van der Waals surface area contributed by atoms with Crippen LogP contribution in [0.25, 0.3) is 0 Å². The molecule has 0 bridgehead atoms. The molecule has 1 aliphatic heterocycles. The molecule has 2 amide bonds. The molecular formula is C20H21Cl2N7OS. The van der Waals surface area contributed by atoms with Crippen molar-refractivity contribution in [3.05, 3.63) is 69.2 Å². The van der Waals surface area contributed by atoms with E-state index >= 15 is 0 Å². The Morgan fingerprint density at radius 1 is 1.19 bits per heavy atom. The Balaban J connectivity index is 1.42. The van der Waals surface area contributed by atoms with E-state index in [-0.39, 0.29) is 12.1 Å². The van der Waals surface area contributed by atoms with E-state index in [4.69, 9.17) is 23.2 Å². The largest absolute Gasteiger partial charge is 0.334 e. The second kappa shape index (κ2) is 10.3. The van der Waals surface area contributed by atoms with Crippen LogP contribution in [0.2, 0.25) is 10.0 Å². The van der Waals surface area contributed by atoms with E-state index in [0.717, 1.165) is 37.4 Å². The average molecular weight is 478 g/mol. The number of urea groups is 1. The maximum absolute atomic E-state index is 12.3. The number of piperazine rings is 1. The molecule has 11 heteroatoms. The van der Waals surface area contributed by atoms with Crippen molar-refractivity contribution >= 4 is 45.7 Å². The zero-order valence-electron chi connectivity index (χ0n) is 16.5. The Hall–Kier alpha value is -2.30. The van der Waals surface area contributed by atoms with Crippen molar-refractivity contribution in [2.45, 2.75) is 12.6 Å². The molecule has 3 N–H and O–H groups in total. The van der Waals surface area contributed by atoms with Gasteiger partial charge in [0.2, 0.25) is 0 Å². The molecule has 0 spiro atoms. The molecule has 3 aromatic rings. The third kappa shape index (κ3) is 5.69. The van der Waals surface area contributed by atoms with Crippen LogP contribution in [0.5, 0.6) is 0 Å². The predicted octanol–water partition coefficient (Wildman–Crippen LogP) is 3.56. The molecule has 0 aliphatic carbocycles. The Morgan fingerprint density at radius 2 is 1.97 bits per heavy atom. The molecule has 8 nitrogen and oxygen atoms in total. The van der Waals surface area contributed by atoms with Gasteiger partial charge in [-0.15, -0.1) is 11.3 Å². The van der Waals surface area contributed by atoms with Gasteiger partial charge < -0.3 is 10.6 Å². The lowest BCUT2D eigenvalue weighted by Crippen LogP contribution is -2.45. The van der Waals surface area contributed by atoms with Crippen molar-refractivity contribution in [1.82, 2.24) is 30.5 Å². The van der Waals surface area contributed by atoms with Crippen LogP contribution in [0.4, 0.5) is 9.93 Å². The summed E-state index contributed by atoms with van der Waals surface area (Å²) in [5.41, 5.74) is 1.67. The van der Waals surface area contributed by atoms with Crippen LogP contribution in [0.15, 0.2) is 42.0 Å². The van der Waals surface area contributed by atoms with Crippen molar-refractivity contribution in [1.29, 1.82) is 0 Å². The molecule has 1 atom stereocenters. The fourth-order valence-electron chi connectivity index (χ4n) is 3.32. The highest BCUT2D eigenvalue weighted by Gasteiger charge is 2.28. The molecule has 4 rings (SSSR count). The van der Waals surface area contributed by atoms with Gasteiger partial charge in [-0.2, -0.15) is 0 Å². The molecule has 3 heterocycles. The first-order valence-electron chi connectivity index (χ1n) is 9.76. The van der Waals surface area contributed by atoms with Crippen LogP contribution < -0.4 is 16.0 Å². The van der Waals surface area contributed by atoms with Gasteiger partial charge in [0.25, 0.3) is 0 Å². The Morgan fingerprint density at radius 3 is 2.71 bits per heavy atom. The van der Waals surface area contributed by atoms with Gasteiger partial charge in [0.15, 0.2) is 11.0 Å². The summed E-state index contributed by atoms with van der Waals surface area (Å²) in [7, 11) is 0. The minimum absolute atomic E-state index is 0.158. The molecule has 162 valence electrons. The van der Waals surface area contributed by atoms with E-state index in [1.54, 1.807) is 30.6 Å². The van der Waals surface area contributed by atoms with E-state index in [0.29, 0.717) is 27.5 Å². The lowest BCUT2D eigenvalue weighted by atomic mass is 10.1. The van der Waals surface area contributed by atoms with Gasteiger partial charge >= 0.3 is 6.03 Å². The lowest BCUT2D eigenvalue weighted by molar-refractivity contribution is 0.190. The highest BCUT2D eigenvalue weighted by Crippen LogP contribution is 2.29. The van der Waals surface area contributed by atoms with E-state index in [1.165, 1.54) is 11.3 Å². The minimum atomic E-state index is -0.346. The van der Waals surface area contributed by atoms with Crippen molar-refractivity contribution in [2.24, 2.45) is 0 Å². The summed E-state index contributed by atoms with van der Waals surface area (Å²) in [6.07, 6.45) is 3.47. The lowest BCUT2D eigenvalue weighted by Gasteiger charge is -2.33. The monoisotopic (exact) mass is 477 g/mol. The Kier molecular flexibility index (Phi) is 7.31. The van der Waals surface area contributed by atoms with Crippen LogP contribution in [-0.2, 0) is 6.54 Å². The molecule has 1 fully saturated rings. The molecular weight excluding hydrogens is 457 g/mol. The van der Waals surface area contributed by atoms with Crippen LogP contribution >= 0.6 is 34.5 Å². The predicted molar refractivity (Wildman–Crippen MR) is 123 cm³/mol. The van der Waals surface area contributed by atoms with E-state index in [1.807, 2.05) is 11.4 Å². The molecule has 31 heavy (non-hydrogen) atoms. The van der Waals surface area contributed by atoms with Crippen molar-refractivity contribution in [2.75, 3.05) is 31.5 Å². The number of rotatable bonds is 6. The third-order valence-corrected chi connectivity index (χ3v) is 6.32. The van der Waals surface area contributed by atoms with Gasteiger partial charge in [-0.3, -0.25) is 10.2 Å². The fraction of sp³-hybridized carbons (Fsp3) is 0.300. The summed E-state index contributed by atoms with van der Waals surface area (Å²) in [4.78, 5) is 28.2. The van der Waals surface area contributed by atoms with Gasteiger partial charge in [0.05, 0.1) is 15.7 Å². The van der Waals surface area contributed by atoms with Crippen LogP contribution in [0, 0.1) is 0 Å². The molecule has 1 aliphatic rings. The summed E-state index contributed by atoms with van der Waals surface area (Å²) >= 11 is 13.3. The highest BCUT2D eigenvalue weighted by atomic mass is 35.5. The van der Waals surface area contributed by atoms with Crippen LogP contribution in [0.3, 0.4) is 0 Å². The number of aromatic nitrogens is 3. The minimum Gasteiger partial charge on any atom is -0.334 e. The highest BCUT2D eigenvalue weighted by molar-refractivity contribution is 7.13. The van der Waals surface area contributed by atoms with E-state index < -0.39 is 0 Å². The maximum atomic E-state index is 12.3. The van der Waals surface area contributed by atoms with Gasteiger partial charge in [-0.25, -0.2) is 19.7 Å². The standard InChI is InChI=1S/C20H21Cl2N7OS/c21-14-3-2-13(10-15(14)22)11-26-19(30)28-20-27-16(12-31-20)17(18-24-4-1-5-25-18)29-8-6-23-7-9-29/h1-5,10,12,17,23H,6-9,11H2,(H2,26,27,28,30). The summed E-state index contributed by atoms with van der Waals surface area (Å²) in [5.74, 6) is 0.699. The smallest absolute Gasteiger partial charge is 0.321 e. The summed E-state index contributed by atoms with van der Waals surface area (Å²) in [6, 6.07) is 6.53. The second-order valence-corrected chi connectivity index (χ2v) is 8.60. The van der Waals surface area contributed by atoms with Crippen molar-refractivity contribution in [3.63, 3.8) is 0 Å². The van der Waals surface area contributed by atoms with Gasteiger partial charge in [0.1, 0.15) is 6.04 Å². The summed E-state index contributed by atoms with van der Waals surface area (Å²) < 4.78 is 0. The average Bonchev–Trinajstić information content (AvgIpc) is 3.24. The molecule has 0 saturated carbocycles. The molecule has 1 aromatic carbocycles. The zero-order valence-corrected chi connectivity index (χ0v) is 18.8. The van der Waals surface area contributed by atoms with Gasteiger partial charge in [-0.05, 0) is 23.8 Å². The number of nitrogens with one attached hydrogen (secondary N) is 3. The van der Waals surface area contributed by atoms with Crippen molar-refractivity contribution in [3.8, 4) is 0 Å². The maximum Gasteiger partial charge on any atom is 0.321 e. The van der Waals surface area contributed by atoms with Gasteiger partial charge in [0, 0.05) is 50.5 Å². The number of benzene rings is 1.